The smallest absolute Gasteiger partial charge is 0.201 e. The third-order valence-electron chi connectivity index (χ3n) is 2.76. The molecule has 0 aliphatic heterocycles. The predicted octanol–water partition coefficient (Wildman–Crippen LogP) is 2.30. The van der Waals surface area contributed by atoms with Gasteiger partial charge in [-0.2, -0.15) is 0 Å². The lowest BCUT2D eigenvalue weighted by Crippen LogP contribution is -2.07. The topological polar surface area (TPSA) is 69.1 Å². The molecule has 96 valence electrons. The van der Waals surface area contributed by atoms with Crippen LogP contribution in [0.5, 0.6) is 0 Å². The zero-order valence-electron chi connectivity index (χ0n) is 10.4. The molecule has 19 heavy (non-hydrogen) atoms. The summed E-state index contributed by atoms with van der Waals surface area (Å²) in [6.45, 7) is 1.95. The van der Waals surface area contributed by atoms with Crippen molar-refractivity contribution in [2.24, 2.45) is 5.73 Å². The van der Waals surface area contributed by atoms with E-state index < -0.39 is 0 Å². The van der Waals surface area contributed by atoms with Gasteiger partial charge in [0.15, 0.2) is 5.65 Å². The highest BCUT2D eigenvalue weighted by Gasteiger charge is 2.12. The lowest BCUT2D eigenvalue weighted by Gasteiger charge is -2.09. The summed E-state index contributed by atoms with van der Waals surface area (Å²) in [5.74, 6) is 0. The summed E-state index contributed by atoms with van der Waals surface area (Å²) >= 11 is 1.48. The highest BCUT2D eigenvalue weighted by molar-refractivity contribution is 7.99. The third-order valence-corrected chi connectivity index (χ3v) is 3.76. The first-order chi connectivity index (χ1) is 9.25. The summed E-state index contributed by atoms with van der Waals surface area (Å²) in [4.78, 5) is 4.38. The first kappa shape index (κ1) is 12.1. The molecule has 0 aliphatic rings. The van der Waals surface area contributed by atoms with E-state index >= 15 is 0 Å². The lowest BCUT2D eigenvalue weighted by molar-refractivity contribution is 0.777. The second kappa shape index (κ2) is 4.99. The van der Waals surface area contributed by atoms with Crippen molar-refractivity contribution in [1.82, 2.24) is 19.6 Å². The second-order valence-corrected chi connectivity index (χ2v) is 5.16. The Hall–Kier alpha value is -1.92. The summed E-state index contributed by atoms with van der Waals surface area (Å²) < 4.78 is 1.93. The van der Waals surface area contributed by atoms with Crippen molar-refractivity contribution < 1.29 is 0 Å². The molecule has 1 unspecified atom stereocenters. The molecule has 6 heteroatoms. The van der Waals surface area contributed by atoms with Crippen LogP contribution >= 0.6 is 11.8 Å². The van der Waals surface area contributed by atoms with Gasteiger partial charge < -0.3 is 5.73 Å². The van der Waals surface area contributed by atoms with Gasteiger partial charge in [-0.1, -0.05) is 12.1 Å². The maximum Gasteiger partial charge on any atom is 0.201 e. The number of rotatable bonds is 3. The molecule has 0 saturated heterocycles. The van der Waals surface area contributed by atoms with Crippen LogP contribution in [-0.4, -0.2) is 19.6 Å². The Morgan fingerprint density at radius 3 is 2.95 bits per heavy atom. The molecule has 3 heterocycles. The number of aromatic nitrogens is 4. The number of nitrogens with two attached hydrogens (primary N) is 1. The summed E-state index contributed by atoms with van der Waals surface area (Å²) in [7, 11) is 0. The maximum absolute atomic E-state index is 5.96. The number of hydrogen-bond donors (Lipinski definition) is 1. The SMILES string of the molecule is CC(N)c1cccnc1Sc1nnc2ccccn12. The summed E-state index contributed by atoms with van der Waals surface area (Å²) in [5.41, 5.74) is 7.80. The zero-order chi connectivity index (χ0) is 13.2. The number of fused-ring (bicyclic) bond motifs is 1. The Labute approximate surface area is 114 Å². The van der Waals surface area contributed by atoms with Gasteiger partial charge in [0.05, 0.1) is 0 Å². The van der Waals surface area contributed by atoms with Gasteiger partial charge in [0.25, 0.3) is 0 Å². The van der Waals surface area contributed by atoms with Gasteiger partial charge >= 0.3 is 0 Å². The molecule has 0 aliphatic carbocycles. The van der Waals surface area contributed by atoms with Gasteiger partial charge in [0.1, 0.15) is 5.03 Å². The molecule has 2 N–H and O–H groups in total. The zero-order valence-corrected chi connectivity index (χ0v) is 11.2. The fraction of sp³-hybridized carbons (Fsp3) is 0.154. The molecular formula is C13H13N5S. The van der Waals surface area contributed by atoms with Crippen LogP contribution in [0.4, 0.5) is 0 Å². The van der Waals surface area contributed by atoms with E-state index in [1.165, 1.54) is 11.8 Å². The highest BCUT2D eigenvalue weighted by atomic mass is 32.2. The molecule has 0 radical (unpaired) electrons. The van der Waals surface area contributed by atoms with E-state index in [0.29, 0.717) is 0 Å². The molecule has 1 atom stereocenters. The number of hydrogen-bond acceptors (Lipinski definition) is 5. The summed E-state index contributed by atoms with van der Waals surface area (Å²) in [6.07, 6.45) is 3.70. The van der Waals surface area contributed by atoms with Crippen LogP contribution in [0.3, 0.4) is 0 Å². The first-order valence-electron chi connectivity index (χ1n) is 5.94. The van der Waals surface area contributed by atoms with Crippen molar-refractivity contribution in [3.8, 4) is 0 Å². The largest absolute Gasteiger partial charge is 0.324 e. The Kier molecular flexibility index (Phi) is 3.18. The summed E-state index contributed by atoms with van der Waals surface area (Å²) in [5, 5.41) is 9.97. The van der Waals surface area contributed by atoms with Gasteiger partial charge in [-0.25, -0.2) is 4.98 Å². The molecule has 0 saturated carbocycles. The van der Waals surface area contributed by atoms with Crippen molar-refractivity contribution >= 4 is 17.4 Å². The Morgan fingerprint density at radius 2 is 2.11 bits per heavy atom. The van der Waals surface area contributed by atoms with E-state index in [0.717, 1.165) is 21.4 Å². The second-order valence-electron chi connectivity index (χ2n) is 4.20. The minimum atomic E-state index is -0.0598. The van der Waals surface area contributed by atoms with Gasteiger partial charge in [-0.15, -0.1) is 10.2 Å². The maximum atomic E-state index is 5.96. The van der Waals surface area contributed by atoms with Crippen molar-refractivity contribution in [1.29, 1.82) is 0 Å². The van der Waals surface area contributed by atoms with Crippen LogP contribution in [0.2, 0.25) is 0 Å². The Morgan fingerprint density at radius 1 is 1.21 bits per heavy atom. The van der Waals surface area contributed by atoms with Crippen LogP contribution in [0.1, 0.15) is 18.5 Å². The lowest BCUT2D eigenvalue weighted by atomic mass is 10.2. The fourth-order valence-electron chi connectivity index (χ4n) is 1.81. The molecule has 3 aromatic rings. The van der Waals surface area contributed by atoms with Crippen LogP contribution in [-0.2, 0) is 0 Å². The average Bonchev–Trinajstić information content (AvgIpc) is 2.83. The molecule has 0 aromatic carbocycles. The van der Waals surface area contributed by atoms with Crippen LogP contribution in [0.15, 0.2) is 52.9 Å². The van der Waals surface area contributed by atoms with Gasteiger partial charge in [0.2, 0.25) is 5.16 Å². The van der Waals surface area contributed by atoms with Crippen molar-refractivity contribution in [2.75, 3.05) is 0 Å². The minimum absolute atomic E-state index is 0.0598. The van der Waals surface area contributed by atoms with Crippen molar-refractivity contribution in [2.45, 2.75) is 23.1 Å². The standard InChI is InChI=1S/C13H13N5S/c1-9(14)10-5-4-7-15-12(10)19-13-17-16-11-6-2-3-8-18(11)13/h2-9H,14H2,1H3. The molecule has 3 aromatic heterocycles. The van der Waals surface area contributed by atoms with Gasteiger partial charge in [-0.05, 0) is 36.9 Å². The Bertz CT molecular complexity index is 707. The summed E-state index contributed by atoms with van der Waals surface area (Å²) in [6, 6.07) is 9.63. The fourth-order valence-corrected chi connectivity index (χ4v) is 2.80. The predicted molar refractivity (Wildman–Crippen MR) is 73.9 cm³/mol. The quantitative estimate of drug-likeness (QED) is 0.791. The molecule has 0 amide bonds. The normalized spacial score (nSPS) is 12.7. The van der Waals surface area contributed by atoms with E-state index in [4.69, 9.17) is 5.73 Å². The molecule has 3 rings (SSSR count). The van der Waals surface area contributed by atoms with E-state index in [2.05, 4.69) is 15.2 Å². The highest BCUT2D eigenvalue weighted by Crippen LogP contribution is 2.29. The Balaban J connectivity index is 2.02. The van der Waals surface area contributed by atoms with E-state index in [1.807, 2.05) is 47.9 Å². The minimum Gasteiger partial charge on any atom is -0.324 e. The molecular weight excluding hydrogens is 258 g/mol. The number of pyridine rings is 2. The monoisotopic (exact) mass is 271 g/mol. The van der Waals surface area contributed by atoms with Crippen molar-refractivity contribution in [3.63, 3.8) is 0 Å². The van der Waals surface area contributed by atoms with Crippen molar-refractivity contribution in [3.05, 3.63) is 48.3 Å². The van der Waals surface area contributed by atoms with E-state index in [9.17, 15) is 0 Å². The van der Waals surface area contributed by atoms with Gasteiger partial charge in [0, 0.05) is 24.0 Å². The van der Waals surface area contributed by atoms with E-state index in [1.54, 1.807) is 6.20 Å². The van der Waals surface area contributed by atoms with Crippen LogP contribution < -0.4 is 5.73 Å². The molecule has 0 bridgehead atoms. The molecule has 0 fully saturated rings. The molecule has 0 spiro atoms. The van der Waals surface area contributed by atoms with Crippen LogP contribution in [0, 0.1) is 0 Å². The average molecular weight is 271 g/mol. The first-order valence-corrected chi connectivity index (χ1v) is 6.75. The number of nitrogens with zero attached hydrogens (tertiary/aromatic N) is 4. The van der Waals surface area contributed by atoms with Crippen LogP contribution in [0.25, 0.3) is 5.65 Å². The molecule has 5 nitrogen and oxygen atoms in total. The van der Waals surface area contributed by atoms with Gasteiger partial charge in [-0.3, -0.25) is 4.40 Å². The van der Waals surface area contributed by atoms with E-state index in [-0.39, 0.29) is 6.04 Å². The third kappa shape index (κ3) is 2.32.